The Bertz CT molecular complexity index is 785. The van der Waals surface area contributed by atoms with E-state index in [0.717, 1.165) is 10.3 Å². The van der Waals surface area contributed by atoms with Gasteiger partial charge in [-0.1, -0.05) is 0 Å². The molecule has 1 aliphatic heterocycles. The van der Waals surface area contributed by atoms with Crippen LogP contribution in [0.25, 0.3) is 0 Å². The first-order valence-electron chi connectivity index (χ1n) is 7.48. The highest BCUT2D eigenvalue weighted by molar-refractivity contribution is 7.07. The summed E-state index contributed by atoms with van der Waals surface area (Å²) in [5.41, 5.74) is 2.09. The van der Waals surface area contributed by atoms with Gasteiger partial charge in [-0.3, -0.25) is 0 Å². The molecule has 0 aromatic carbocycles. The number of esters is 1. The standard InChI is InChI=1S/C15H15N3O6S/c19-13(23-5-2-10-3-6-25-8-10)14(20)24-18-9-16-11-7-17(15(21)22)4-1-12(11)18/h3,6,8-9H,1-2,4-5,7H2,(H,21,22). The molecule has 10 heteroatoms. The monoisotopic (exact) mass is 365 g/mol. The number of hydrogen-bond donors (Lipinski definition) is 1. The predicted octanol–water partition coefficient (Wildman–Crippen LogP) is 0.722. The maximum Gasteiger partial charge on any atom is 0.442 e. The number of aromatic nitrogens is 2. The molecule has 0 saturated carbocycles. The first kappa shape index (κ1) is 17.0. The molecule has 0 aliphatic carbocycles. The third-order valence-electron chi connectivity index (χ3n) is 3.70. The smallest absolute Gasteiger partial charge is 0.442 e. The minimum atomic E-state index is -1.15. The number of nitrogens with zero attached hydrogens (tertiary/aromatic N) is 3. The summed E-state index contributed by atoms with van der Waals surface area (Å²) in [7, 11) is 0. The molecule has 1 aliphatic rings. The molecule has 0 fully saturated rings. The topological polar surface area (TPSA) is 111 Å². The maximum atomic E-state index is 11.8. The molecule has 1 amide bonds. The van der Waals surface area contributed by atoms with Gasteiger partial charge in [-0.15, -0.1) is 0 Å². The van der Waals surface area contributed by atoms with Crippen molar-refractivity contribution >= 4 is 29.4 Å². The van der Waals surface area contributed by atoms with Crippen LogP contribution in [0, 0.1) is 0 Å². The highest BCUT2D eigenvalue weighted by Gasteiger charge is 2.27. The number of amides is 1. The summed E-state index contributed by atoms with van der Waals surface area (Å²) in [4.78, 5) is 44.7. The van der Waals surface area contributed by atoms with E-state index in [1.165, 1.54) is 22.6 Å². The van der Waals surface area contributed by atoms with E-state index in [4.69, 9.17) is 14.7 Å². The number of carboxylic acid groups (broad SMARTS) is 1. The van der Waals surface area contributed by atoms with E-state index < -0.39 is 18.0 Å². The Hall–Kier alpha value is -2.88. The molecular weight excluding hydrogens is 350 g/mol. The fraction of sp³-hybridized carbons (Fsp3) is 0.333. The van der Waals surface area contributed by atoms with E-state index in [1.54, 1.807) is 0 Å². The molecule has 3 heterocycles. The summed E-state index contributed by atoms with van der Waals surface area (Å²) in [6.45, 7) is 0.456. The van der Waals surface area contributed by atoms with Crippen molar-refractivity contribution in [1.29, 1.82) is 0 Å². The first-order chi connectivity index (χ1) is 12.0. The van der Waals surface area contributed by atoms with Crippen molar-refractivity contribution in [3.05, 3.63) is 40.1 Å². The predicted molar refractivity (Wildman–Crippen MR) is 84.9 cm³/mol. The lowest BCUT2D eigenvalue weighted by Crippen LogP contribution is -2.37. The van der Waals surface area contributed by atoms with Gasteiger partial charge in [-0.25, -0.2) is 19.4 Å². The lowest BCUT2D eigenvalue weighted by atomic mass is 10.1. The number of carbonyl (C=O) groups excluding carboxylic acids is 2. The summed E-state index contributed by atoms with van der Waals surface area (Å²) in [5.74, 6) is -2.23. The Morgan fingerprint density at radius 3 is 2.88 bits per heavy atom. The van der Waals surface area contributed by atoms with Crippen LogP contribution in [0.15, 0.2) is 23.2 Å². The summed E-state index contributed by atoms with van der Waals surface area (Å²) in [6, 6.07) is 1.91. The van der Waals surface area contributed by atoms with Crippen molar-refractivity contribution in [2.75, 3.05) is 13.2 Å². The van der Waals surface area contributed by atoms with Gasteiger partial charge in [-0.2, -0.15) is 16.1 Å². The van der Waals surface area contributed by atoms with Gasteiger partial charge >= 0.3 is 18.0 Å². The molecule has 2 aromatic rings. The number of ether oxygens (including phenoxy) is 1. The summed E-state index contributed by atoms with van der Waals surface area (Å²) in [6.07, 6.45) is 1.06. The minimum absolute atomic E-state index is 0.0836. The summed E-state index contributed by atoms with van der Waals surface area (Å²) >= 11 is 1.54. The van der Waals surface area contributed by atoms with Crippen LogP contribution in [-0.4, -0.2) is 50.9 Å². The van der Waals surface area contributed by atoms with Crippen molar-refractivity contribution < 1.29 is 29.1 Å². The van der Waals surface area contributed by atoms with Crippen molar-refractivity contribution in [1.82, 2.24) is 14.6 Å². The van der Waals surface area contributed by atoms with Crippen molar-refractivity contribution in [2.45, 2.75) is 19.4 Å². The van der Waals surface area contributed by atoms with Crippen LogP contribution in [0.2, 0.25) is 0 Å². The van der Waals surface area contributed by atoms with Gasteiger partial charge < -0.3 is 19.6 Å². The number of fused-ring (bicyclic) bond motifs is 1. The van der Waals surface area contributed by atoms with Crippen molar-refractivity contribution in [3.63, 3.8) is 0 Å². The average Bonchev–Trinajstić information content (AvgIpc) is 3.24. The Labute approximate surface area is 146 Å². The molecule has 2 aromatic heterocycles. The molecule has 9 nitrogen and oxygen atoms in total. The van der Waals surface area contributed by atoms with E-state index in [2.05, 4.69) is 4.98 Å². The van der Waals surface area contributed by atoms with Gasteiger partial charge in [0.05, 0.1) is 24.5 Å². The SMILES string of the molecule is O=C(OCCc1ccsc1)C(=O)On1cnc2c1CCN(C(=O)O)C2. The molecule has 25 heavy (non-hydrogen) atoms. The van der Waals surface area contributed by atoms with E-state index >= 15 is 0 Å². The van der Waals surface area contributed by atoms with Crippen LogP contribution >= 0.6 is 11.3 Å². The van der Waals surface area contributed by atoms with Gasteiger partial charge in [0.15, 0.2) is 0 Å². The molecule has 132 valence electrons. The second-order valence-electron chi connectivity index (χ2n) is 5.31. The normalized spacial score (nSPS) is 13.2. The van der Waals surface area contributed by atoms with Gasteiger partial charge in [0, 0.05) is 19.4 Å². The lowest BCUT2D eigenvalue weighted by Gasteiger charge is -2.23. The summed E-state index contributed by atoms with van der Waals surface area (Å²) in [5, 5.41) is 12.8. The fourth-order valence-corrected chi connectivity index (χ4v) is 3.11. The van der Waals surface area contributed by atoms with Crippen molar-refractivity contribution in [3.8, 4) is 0 Å². The number of rotatable bonds is 4. The van der Waals surface area contributed by atoms with E-state index in [9.17, 15) is 14.4 Å². The van der Waals surface area contributed by atoms with E-state index in [0.29, 0.717) is 24.2 Å². The zero-order chi connectivity index (χ0) is 17.8. The molecule has 0 atom stereocenters. The van der Waals surface area contributed by atoms with Gasteiger partial charge in [0.25, 0.3) is 0 Å². The number of hydrogen-bond acceptors (Lipinski definition) is 7. The zero-order valence-corrected chi connectivity index (χ0v) is 13.9. The highest BCUT2D eigenvalue weighted by atomic mass is 32.1. The summed E-state index contributed by atoms with van der Waals surface area (Å²) < 4.78 is 5.98. The first-order valence-corrected chi connectivity index (χ1v) is 8.42. The number of carbonyl (C=O) groups is 3. The third kappa shape index (κ3) is 3.97. The van der Waals surface area contributed by atoms with Crippen LogP contribution in [0.3, 0.4) is 0 Å². The number of imidazole rings is 1. The Morgan fingerprint density at radius 2 is 2.16 bits per heavy atom. The molecule has 1 N–H and O–H groups in total. The molecule has 0 unspecified atom stereocenters. The minimum Gasteiger partial charge on any atom is -0.465 e. The Kier molecular flexibility index (Phi) is 4.98. The van der Waals surface area contributed by atoms with Crippen LogP contribution in [0.4, 0.5) is 4.79 Å². The van der Waals surface area contributed by atoms with Crippen LogP contribution in [-0.2, 0) is 33.7 Å². The van der Waals surface area contributed by atoms with Gasteiger partial charge in [0.2, 0.25) is 0 Å². The Morgan fingerprint density at radius 1 is 1.32 bits per heavy atom. The Balaban J connectivity index is 1.53. The fourth-order valence-electron chi connectivity index (χ4n) is 2.40. The van der Waals surface area contributed by atoms with E-state index in [1.807, 2.05) is 16.8 Å². The van der Waals surface area contributed by atoms with E-state index in [-0.39, 0.29) is 19.7 Å². The molecule has 0 spiro atoms. The largest absolute Gasteiger partial charge is 0.465 e. The molecule has 0 saturated heterocycles. The molecule has 3 rings (SSSR count). The lowest BCUT2D eigenvalue weighted by molar-refractivity contribution is -0.168. The van der Waals surface area contributed by atoms with Crippen molar-refractivity contribution in [2.24, 2.45) is 0 Å². The van der Waals surface area contributed by atoms with Crippen LogP contribution < -0.4 is 4.84 Å². The quantitative estimate of drug-likeness (QED) is 0.628. The van der Waals surface area contributed by atoms with Gasteiger partial charge in [-0.05, 0) is 22.4 Å². The van der Waals surface area contributed by atoms with Crippen LogP contribution in [0.5, 0.6) is 0 Å². The second-order valence-corrected chi connectivity index (χ2v) is 6.09. The van der Waals surface area contributed by atoms with Gasteiger partial charge in [0.1, 0.15) is 6.33 Å². The zero-order valence-electron chi connectivity index (χ0n) is 13.1. The molecule has 0 radical (unpaired) electrons. The van der Waals surface area contributed by atoms with Crippen LogP contribution in [0.1, 0.15) is 17.0 Å². The second kappa shape index (κ2) is 7.34. The molecule has 0 bridgehead atoms. The average molecular weight is 365 g/mol. The maximum absolute atomic E-state index is 11.8. The highest BCUT2D eigenvalue weighted by Crippen LogP contribution is 2.17. The molecular formula is C15H15N3O6S. The third-order valence-corrected chi connectivity index (χ3v) is 4.43. The number of thiophene rings is 1.